The molecule has 1 rings (SSSR count). The Morgan fingerprint density at radius 2 is 2.40 bits per heavy atom. The first-order chi connectivity index (χ1) is 7.16. The van der Waals surface area contributed by atoms with Crippen LogP contribution in [0.3, 0.4) is 0 Å². The summed E-state index contributed by atoms with van der Waals surface area (Å²) in [5, 5.41) is 18.9. The lowest BCUT2D eigenvalue weighted by atomic mass is 10.1. The van der Waals surface area contributed by atoms with Crippen LogP contribution in [0.4, 0.5) is 5.69 Å². The summed E-state index contributed by atoms with van der Waals surface area (Å²) >= 11 is 0. The van der Waals surface area contributed by atoms with E-state index in [2.05, 4.69) is 10.3 Å². The lowest BCUT2D eigenvalue weighted by Crippen LogP contribution is -2.24. The van der Waals surface area contributed by atoms with Crippen LogP contribution in [0.2, 0.25) is 0 Å². The highest BCUT2D eigenvalue weighted by molar-refractivity contribution is 6.44. The maximum Gasteiger partial charge on any atom is 0.267 e. The van der Waals surface area contributed by atoms with Gasteiger partial charge in [0.25, 0.3) is 5.91 Å². The molecule has 0 aromatic carbocycles. The number of aliphatic hydroxyl groups excluding tert-OH is 1. The fourth-order valence-corrected chi connectivity index (χ4v) is 1.07. The standard InChI is InChI=1S/C9H12N4O2/c10-8(9(11)15)6-5-12-2-1-7(6)13-3-4-14/h1-2,5,10,14H,3-4H2,(H2,11,15)(H,12,13). The Morgan fingerprint density at radius 3 is 3.00 bits per heavy atom. The first-order valence-electron chi connectivity index (χ1n) is 4.34. The average molecular weight is 208 g/mol. The fourth-order valence-electron chi connectivity index (χ4n) is 1.07. The highest BCUT2D eigenvalue weighted by Gasteiger charge is 2.12. The summed E-state index contributed by atoms with van der Waals surface area (Å²) in [5.41, 5.74) is 5.58. The Kier molecular flexibility index (Phi) is 3.75. The quantitative estimate of drug-likeness (QED) is 0.481. The van der Waals surface area contributed by atoms with E-state index in [1.807, 2.05) is 0 Å². The van der Waals surface area contributed by atoms with Crippen LogP contribution in [-0.4, -0.2) is 34.9 Å². The molecule has 1 aromatic rings. The van der Waals surface area contributed by atoms with Crippen molar-refractivity contribution in [1.29, 1.82) is 5.41 Å². The number of pyridine rings is 1. The third-order valence-electron chi connectivity index (χ3n) is 1.76. The molecule has 0 aliphatic carbocycles. The van der Waals surface area contributed by atoms with E-state index in [-0.39, 0.29) is 12.3 Å². The molecule has 0 aliphatic heterocycles. The van der Waals surface area contributed by atoms with E-state index in [1.54, 1.807) is 6.07 Å². The van der Waals surface area contributed by atoms with E-state index < -0.39 is 5.91 Å². The Balaban J connectivity index is 2.95. The number of amides is 1. The molecule has 0 saturated carbocycles. The molecule has 1 aromatic heterocycles. The third kappa shape index (κ3) is 2.75. The van der Waals surface area contributed by atoms with Crippen molar-refractivity contribution in [3.63, 3.8) is 0 Å². The van der Waals surface area contributed by atoms with Crippen LogP contribution >= 0.6 is 0 Å². The van der Waals surface area contributed by atoms with Gasteiger partial charge < -0.3 is 16.2 Å². The van der Waals surface area contributed by atoms with Crippen molar-refractivity contribution in [3.05, 3.63) is 24.0 Å². The number of anilines is 1. The van der Waals surface area contributed by atoms with Gasteiger partial charge in [-0.3, -0.25) is 15.2 Å². The molecule has 0 atom stereocenters. The number of hydrogen-bond acceptors (Lipinski definition) is 5. The molecular formula is C9H12N4O2. The Bertz CT molecular complexity index is 378. The molecule has 80 valence electrons. The van der Waals surface area contributed by atoms with Gasteiger partial charge >= 0.3 is 0 Å². The zero-order valence-electron chi connectivity index (χ0n) is 8.03. The Morgan fingerprint density at radius 1 is 1.67 bits per heavy atom. The molecular weight excluding hydrogens is 196 g/mol. The second-order valence-electron chi connectivity index (χ2n) is 2.81. The summed E-state index contributed by atoms with van der Waals surface area (Å²) in [6.07, 6.45) is 2.91. The molecule has 1 amide bonds. The normalized spacial score (nSPS) is 9.67. The monoisotopic (exact) mass is 208 g/mol. The van der Waals surface area contributed by atoms with Crippen molar-refractivity contribution in [1.82, 2.24) is 4.98 Å². The zero-order chi connectivity index (χ0) is 11.3. The van der Waals surface area contributed by atoms with Crippen LogP contribution < -0.4 is 11.1 Å². The van der Waals surface area contributed by atoms with Crippen LogP contribution in [0.1, 0.15) is 5.56 Å². The number of nitrogens with zero attached hydrogens (tertiary/aromatic N) is 1. The summed E-state index contributed by atoms with van der Waals surface area (Å²) in [5.74, 6) is -0.810. The molecule has 0 saturated heterocycles. The summed E-state index contributed by atoms with van der Waals surface area (Å²) in [7, 11) is 0. The Hall–Kier alpha value is -1.95. The van der Waals surface area contributed by atoms with E-state index in [4.69, 9.17) is 16.2 Å². The van der Waals surface area contributed by atoms with Gasteiger partial charge in [0.1, 0.15) is 5.71 Å². The topological polar surface area (TPSA) is 112 Å². The average Bonchev–Trinajstić information content (AvgIpc) is 2.25. The second-order valence-corrected chi connectivity index (χ2v) is 2.81. The van der Waals surface area contributed by atoms with Crippen molar-refractivity contribution < 1.29 is 9.90 Å². The largest absolute Gasteiger partial charge is 0.395 e. The molecule has 1 heterocycles. The van der Waals surface area contributed by atoms with Crippen LogP contribution in [0, 0.1) is 5.41 Å². The molecule has 0 radical (unpaired) electrons. The predicted molar refractivity (Wildman–Crippen MR) is 55.8 cm³/mol. The molecule has 6 nitrogen and oxygen atoms in total. The molecule has 6 heteroatoms. The van der Waals surface area contributed by atoms with Gasteiger partial charge in [0.15, 0.2) is 0 Å². The van der Waals surface area contributed by atoms with Crippen molar-refractivity contribution >= 4 is 17.3 Å². The highest BCUT2D eigenvalue weighted by atomic mass is 16.3. The van der Waals surface area contributed by atoms with Crippen molar-refractivity contribution in [3.8, 4) is 0 Å². The molecule has 0 unspecified atom stereocenters. The number of rotatable bonds is 5. The van der Waals surface area contributed by atoms with E-state index >= 15 is 0 Å². The number of aromatic nitrogens is 1. The van der Waals surface area contributed by atoms with Gasteiger partial charge in [0, 0.05) is 30.2 Å². The minimum Gasteiger partial charge on any atom is -0.395 e. The van der Waals surface area contributed by atoms with Crippen LogP contribution in [-0.2, 0) is 4.79 Å². The first-order valence-corrected chi connectivity index (χ1v) is 4.34. The maximum absolute atomic E-state index is 10.8. The smallest absolute Gasteiger partial charge is 0.267 e. The van der Waals surface area contributed by atoms with Crippen molar-refractivity contribution in [2.75, 3.05) is 18.5 Å². The predicted octanol–water partition coefficient (Wildman–Crippen LogP) is -0.661. The molecule has 0 fully saturated rings. The van der Waals surface area contributed by atoms with Gasteiger partial charge in [-0.15, -0.1) is 0 Å². The maximum atomic E-state index is 10.8. The van der Waals surface area contributed by atoms with Gasteiger partial charge in [-0.05, 0) is 6.07 Å². The lowest BCUT2D eigenvalue weighted by Gasteiger charge is -2.09. The van der Waals surface area contributed by atoms with Gasteiger partial charge in [-0.25, -0.2) is 0 Å². The minimum absolute atomic E-state index is 0.0360. The number of nitrogens with one attached hydrogen (secondary N) is 2. The zero-order valence-corrected chi connectivity index (χ0v) is 8.03. The summed E-state index contributed by atoms with van der Waals surface area (Å²) < 4.78 is 0. The number of hydrogen-bond donors (Lipinski definition) is 4. The molecule has 0 aliphatic rings. The SMILES string of the molecule is N=C(C(N)=O)c1cnccc1NCCO. The van der Waals surface area contributed by atoms with Gasteiger partial charge in [-0.1, -0.05) is 0 Å². The second kappa shape index (κ2) is 5.06. The fraction of sp³-hybridized carbons (Fsp3) is 0.222. The number of carbonyl (C=O) groups is 1. The summed E-state index contributed by atoms with van der Waals surface area (Å²) in [6.45, 7) is 0.300. The van der Waals surface area contributed by atoms with Gasteiger partial charge in [0.05, 0.1) is 6.61 Å². The minimum atomic E-state index is -0.810. The molecule has 5 N–H and O–H groups in total. The first kappa shape index (κ1) is 11.1. The van der Waals surface area contributed by atoms with Crippen LogP contribution in [0.15, 0.2) is 18.5 Å². The number of aliphatic hydroxyl groups is 1. The summed E-state index contributed by atoms with van der Waals surface area (Å²) in [4.78, 5) is 14.6. The van der Waals surface area contributed by atoms with E-state index in [0.717, 1.165) is 0 Å². The number of primary amides is 1. The summed E-state index contributed by atoms with van der Waals surface area (Å²) in [6, 6.07) is 1.61. The molecule has 0 spiro atoms. The number of carbonyl (C=O) groups excluding carboxylic acids is 1. The number of nitrogens with two attached hydrogens (primary N) is 1. The Labute approximate surface area is 86.6 Å². The highest BCUT2D eigenvalue weighted by Crippen LogP contribution is 2.13. The lowest BCUT2D eigenvalue weighted by molar-refractivity contribution is -0.112. The van der Waals surface area contributed by atoms with Crippen LogP contribution in [0.25, 0.3) is 0 Å². The molecule has 15 heavy (non-hydrogen) atoms. The van der Waals surface area contributed by atoms with Gasteiger partial charge in [0.2, 0.25) is 0 Å². The van der Waals surface area contributed by atoms with E-state index in [0.29, 0.717) is 17.8 Å². The van der Waals surface area contributed by atoms with E-state index in [9.17, 15) is 4.79 Å². The third-order valence-corrected chi connectivity index (χ3v) is 1.76. The van der Waals surface area contributed by atoms with Crippen molar-refractivity contribution in [2.24, 2.45) is 5.73 Å². The van der Waals surface area contributed by atoms with Gasteiger partial charge in [-0.2, -0.15) is 0 Å². The van der Waals surface area contributed by atoms with Crippen LogP contribution in [0.5, 0.6) is 0 Å². The van der Waals surface area contributed by atoms with Crippen molar-refractivity contribution in [2.45, 2.75) is 0 Å². The van der Waals surface area contributed by atoms with E-state index in [1.165, 1.54) is 12.4 Å². The molecule has 0 bridgehead atoms.